The highest BCUT2D eigenvalue weighted by Gasteiger charge is 1.98. The molecule has 0 aliphatic rings. The Morgan fingerprint density at radius 1 is 0.867 bits per heavy atom. The van der Waals surface area contributed by atoms with Crippen LogP contribution in [0.4, 0.5) is 0 Å². The van der Waals surface area contributed by atoms with Gasteiger partial charge in [-0.25, -0.2) is 11.5 Å². The molecule has 0 aromatic heterocycles. The Balaban J connectivity index is 0. The van der Waals surface area contributed by atoms with Gasteiger partial charge >= 0.3 is 5.11 Å². The topological polar surface area (TPSA) is 52.0 Å². The first-order valence-corrected chi connectivity index (χ1v) is 6.76. The third-order valence-corrected chi connectivity index (χ3v) is 3.09. The fourth-order valence-corrected chi connectivity index (χ4v) is 2.01. The first-order chi connectivity index (χ1) is 6.77. The Hall–Kier alpha value is 0.490. The third kappa shape index (κ3) is 17.1. The molecule has 0 saturated carbocycles. The molecule has 0 spiro atoms. The maximum absolute atomic E-state index is 5.35. The van der Waals surface area contributed by atoms with Crippen LogP contribution in [0, 0.1) is 0 Å². The minimum absolute atomic E-state index is 0. The lowest BCUT2D eigenvalue weighted by Crippen LogP contribution is -3.00. The van der Waals surface area contributed by atoms with Crippen LogP contribution < -0.4 is 28.4 Å². The van der Waals surface area contributed by atoms with Gasteiger partial charge in [0, 0.05) is 6.42 Å². The summed E-state index contributed by atoms with van der Waals surface area (Å²) in [4.78, 5) is 0. The first-order valence-electron chi connectivity index (χ1n) is 5.78. The summed E-state index contributed by atoms with van der Waals surface area (Å²) in [7, 11) is 0. The summed E-state index contributed by atoms with van der Waals surface area (Å²) in [6, 6.07) is 0. The Bertz CT molecular complexity index is 148. The molecular weight excluding hydrogens is 272 g/mol. The van der Waals surface area contributed by atoms with E-state index in [1.54, 1.807) is 11.4 Å². The summed E-state index contributed by atoms with van der Waals surface area (Å²) >= 11 is 1.58. The highest BCUT2D eigenvalue weighted by molar-refractivity contribution is 7.78. The average Bonchev–Trinajstić information content (AvgIpc) is 2.15. The average molecular weight is 297 g/mol. The summed E-state index contributed by atoms with van der Waals surface area (Å²) in [5.41, 5.74) is 10.7. The zero-order valence-corrected chi connectivity index (χ0v) is 12.2. The van der Waals surface area contributed by atoms with Crippen molar-refractivity contribution in [3.8, 4) is 0 Å². The molecule has 0 unspecified atom stereocenters. The molecular formula is C11H25BrN2S. The van der Waals surface area contributed by atoms with Gasteiger partial charge in [0.05, 0.1) is 0 Å². The van der Waals surface area contributed by atoms with Gasteiger partial charge in [-0.2, -0.15) is 0 Å². The van der Waals surface area contributed by atoms with Crippen LogP contribution in [0.15, 0.2) is 0 Å². The molecule has 2 nitrogen and oxygen atoms in total. The Morgan fingerprint density at radius 3 is 1.80 bits per heavy atom. The fourth-order valence-electron chi connectivity index (χ4n) is 1.43. The normalized spacial score (nSPS) is 9.53. The van der Waals surface area contributed by atoms with Crippen LogP contribution in [0.25, 0.3) is 0 Å². The summed E-state index contributed by atoms with van der Waals surface area (Å²) in [5.74, 6) is 1.08. The van der Waals surface area contributed by atoms with Crippen molar-refractivity contribution in [3.63, 3.8) is 0 Å². The van der Waals surface area contributed by atoms with Crippen LogP contribution in [-0.2, 0) is 11.4 Å². The third-order valence-electron chi connectivity index (χ3n) is 2.27. The SMILES string of the molecule is CCCCCCCCCC[S+]=C(N)N.[Br-]. The first kappa shape index (κ1) is 17.9. The second-order valence-corrected chi connectivity index (χ2v) is 4.89. The van der Waals surface area contributed by atoms with E-state index >= 15 is 0 Å². The highest BCUT2D eigenvalue weighted by Crippen LogP contribution is 2.07. The lowest BCUT2D eigenvalue weighted by molar-refractivity contribution is -0.00000329. The Morgan fingerprint density at radius 2 is 1.33 bits per heavy atom. The van der Waals surface area contributed by atoms with E-state index < -0.39 is 0 Å². The molecule has 0 rings (SSSR count). The molecule has 0 bridgehead atoms. The predicted octanol–water partition coefficient (Wildman–Crippen LogP) is -0.781. The number of rotatable bonds is 9. The Labute approximate surface area is 109 Å². The molecule has 4 heteroatoms. The van der Waals surface area contributed by atoms with Gasteiger partial charge in [-0.1, -0.05) is 45.4 Å². The van der Waals surface area contributed by atoms with Crippen LogP contribution in [0.2, 0.25) is 0 Å². The standard InChI is InChI=1S/C11H25N2S.BrH/c1-2-3-4-5-6-7-8-9-10-14-11(12)13;/h2-10,12-13H2,1H3;1H/q+1;/p-1. The molecule has 0 heterocycles. The zero-order chi connectivity index (χ0) is 10.6. The molecule has 0 atom stereocenters. The van der Waals surface area contributed by atoms with Crippen molar-refractivity contribution >= 4 is 16.5 Å². The van der Waals surface area contributed by atoms with E-state index in [2.05, 4.69) is 6.92 Å². The van der Waals surface area contributed by atoms with E-state index in [1.807, 2.05) is 0 Å². The molecule has 15 heavy (non-hydrogen) atoms. The predicted molar refractivity (Wildman–Crippen MR) is 68.2 cm³/mol. The fraction of sp³-hybridized carbons (Fsp3) is 0.909. The molecule has 0 radical (unpaired) electrons. The highest BCUT2D eigenvalue weighted by atomic mass is 79.9. The van der Waals surface area contributed by atoms with Crippen LogP contribution in [-0.4, -0.2) is 10.9 Å². The summed E-state index contributed by atoms with van der Waals surface area (Å²) < 4.78 is 0. The van der Waals surface area contributed by atoms with Gasteiger partial charge in [0.1, 0.15) is 0 Å². The quantitative estimate of drug-likeness (QED) is 0.333. The van der Waals surface area contributed by atoms with Crippen LogP contribution in [0.5, 0.6) is 0 Å². The van der Waals surface area contributed by atoms with Crippen molar-refractivity contribution in [2.45, 2.75) is 58.3 Å². The molecule has 0 aromatic carbocycles. The van der Waals surface area contributed by atoms with Crippen molar-refractivity contribution in [2.24, 2.45) is 11.5 Å². The molecule has 0 fully saturated rings. The maximum atomic E-state index is 5.35. The van der Waals surface area contributed by atoms with E-state index in [-0.39, 0.29) is 17.0 Å². The van der Waals surface area contributed by atoms with Crippen molar-refractivity contribution in [3.05, 3.63) is 0 Å². The second-order valence-electron chi connectivity index (χ2n) is 3.73. The van der Waals surface area contributed by atoms with E-state index in [0.717, 1.165) is 5.75 Å². The van der Waals surface area contributed by atoms with Gasteiger partial charge in [0.2, 0.25) is 11.4 Å². The maximum Gasteiger partial charge on any atom is 0.314 e. The van der Waals surface area contributed by atoms with Crippen molar-refractivity contribution in [2.75, 3.05) is 5.75 Å². The van der Waals surface area contributed by atoms with E-state index in [9.17, 15) is 0 Å². The summed E-state index contributed by atoms with van der Waals surface area (Å²) in [5, 5.41) is 0.507. The van der Waals surface area contributed by atoms with Crippen LogP contribution >= 0.6 is 0 Å². The summed E-state index contributed by atoms with van der Waals surface area (Å²) in [6.07, 6.45) is 10.9. The molecule has 0 aliphatic heterocycles. The van der Waals surface area contributed by atoms with Crippen molar-refractivity contribution in [1.82, 2.24) is 0 Å². The van der Waals surface area contributed by atoms with Gasteiger partial charge < -0.3 is 17.0 Å². The largest absolute Gasteiger partial charge is 1.00 e. The molecule has 0 amide bonds. The lowest BCUT2D eigenvalue weighted by atomic mass is 10.1. The van der Waals surface area contributed by atoms with Crippen molar-refractivity contribution < 1.29 is 17.0 Å². The minimum Gasteiger partial charge on any atom is -1.00 e. The van der Waals surface area contributed by atoms with E-state index in [0.29, 0.717) is 5.11 Å². The smallest absolute Gasteiger partial charge is 0.314 e. The molecule has 4 N–H and O–H groups in total. The number of hydrogen-bond donors (Lipinski definition) is 2. The van der Waals surface area contributed by atoms with Crippen LogP contribution in [0.1, 0.15) is 58.3 Å². The Kier molecular flexibility index (Phi) is 17.3. The van der Waals surface area contributed by atoms with Crippen LogP contribution in [0.3, 0.4) is 0 Å². The monoisotopic (exact) mass is 296 g/mol. The molecule has 0 aliphatic carbocycles. The zero-order valence-electron chi connectivity index (χ0n) is 9.80. The van der Waals surface area contributed by atoms with E-state index in [1.165, 1.54) is 51.4 Å². The van der Waals surface area contributed by atoms with Gasteiger partial charge in [0.25, 0.3) is 0 Å². The van der Waals surface area contributed by atoms with Gasteiger partial charge in [-0.15, -0.1) is 0 Å². The molecule has 0 saturated heterocycles. The summed E-state index contributed by atoms with van der Waals surface area (Å²) in [6.45, 7) is 2.25. The van der Waals surface area contributed by atoms with Gasteiger partial charge in [-0.05, 0) is 6.42 Å². The second kappa shape index (κ2) is 14.5. The lowest BCUT2D eigenvalue weighted by Gasteiger charge is -1.97. The number of unbranched alkanes of at least 4 members (excludes halogenated alkanes) is 7. The number of halogens is 1. The molecule has 92 valence electrons. The van der Waals surface area contributed by atoms with Crippen molar-refractivity contribution in [1.29, 1.82) is 0 Å². The van der Waals surface area contributed by atoms with Gasteiger partial charge in [0.15, 0.2) is 5.75 Å². The molecule has 0 aromatic rings. The minimum atomic E-state index is 0. The van der Waals surface area contributed by atoms with E-state index in [4.69, 9.17) is 11.5 Å². The number of hydrogen-bond acceptors (Lipinski definition) is 0. The van der Waals surface area contributed by atoms with Gasteiger partial charge in [-0.3, -0.25) is 0 Å². The number of nitrogens with two attached hydrogens (primary N) is 2.